The number of aromatic nitrogens is 3. The second-order valence-corrected chi connectivity index (χ2v) is 5.86. The fourth-order valence-corrected chi connectivity index (χ4v) is 2.97. The number of hydrogen-bond acceptors (Lipinski definition) is 4. The van der Waals surface area contributed by atoms with Crippen LogP contribution < -0.4 is 5.32 Å². The molecule has 2 N–H and O–H groups in total. The van der Waals surface area contributed by atoms with Gasteiger partial charge in [-0.15, -0.1) is 5.10 Å². The summed E-state index contributed by atoms with van der Waals surface area (Å²) in [6.45, 7) is 2.59. The summed E-state index contributed by atoms with van der Waals surface area (Å²) < 4.78 is 14.5. The number of halogens is 1. The van der Waals surface area contributed by atoms with E-state index >= 15 is 0 Å². The van der Waals surface area contributed by atoms with Gasteiger partial charge in [0.2, 0.25) is 5.95 Å². The molecule has 6 heteroatoms. The van der Waals surface area contributed by atoms with Crippen LogP contribution in [0.2, 0.25) is 0 Å². The van der Waals surface area contributed by atoms with Gasteiger partial charge >= 0.3 is 0 Å². The van der Waals surface area contributed by atoms with Crippen molar-refractivity contribution in [2.45, 2.75) is 38.2 Å². The smallest absolute Gasteiger partial charge is 0.243 e. The van der Waals surface area contributed by atoms with Gasteiger partial charge in [0.25, 0.3) is 0 Å². The normalized spacial score (nSPS) is 26.9. The van der Waals surface area contributed by atoms with Crippen molar-refractivity contribution >= 4 is 11.6 Å². The minimum absolute atomic E-state index is 0.353. The summed E-state index contributed by atoms with van der Waals surface area (Å²) in [5.74, 6) is 0.606. The number of fused-ring (bicyclic) bond motifs is 1. The minimum atomic E-state index is -0.694. The van der Waals surface area contributed by atoms with E-state index in [0.717, 1.165) is 19.3 Å². The average molecular weight is 278 g/mol. The van der Waals surface area contributed by atoms with Gasteiger partial charge in [-0.05, 0) is 30.9 Å². The molecule has 3 rings (SSSR count). The summed E-state index contributed by atoms with van der Waals surface area (Å²) >= 11 is 0. The van der Waals surface area contributed by atoms with Crippen molar-refractivity contribution < 1.29 is 9.50 Å². The first-order valence-corrected chi connectivity index (χ1v) is 7.02. The first-order chi connectivity index (χ1) is 9.54. The lowest BCUT2D eigenvalue weighted by Crippen LogP contribution is -2.41. The highest BCUT2D eigenvalue weighted by molar-refractivity contribution is 5.43. The molecule has 2 aromatic heterocycles. The molecule has 0 radical (unpaired) electrons. The Bertz CT molecular complexity index is 614. The molecule has 20 heavy (non-hydrogen) atoms. The van der Waals surface area contributed by atoms with Crippen LogP contribution in [0.15, 0.2) is 18.3 Å². The van der Waals surface area contributed by atoms with Crippen molar-refractivity contribution in [3.8, 4) is 0 Å². The molecule has 5 nitrogen and oxygen atoms in total. The molecule has 0 amide bonds. The summed E-state index contributed by atoms with van der Waals surface area (Å²) in [5, 5.41) is 17.8. The molecule has 108 valence electrons. The van der Waals surface area contributed by atoms with Crippen LogP contribution in [-0.4, -0.2) is 31.9 Å². The topological polar surface area (TPSA) is 62.5 Å². The molecule has 0 aromatic carbocycles. The summed E-state index contributed by atoms with van der Waals surface area (Å²) in [7, 11) is 0. The third-order valence-electron chi connectivity index (χ3n) is 3.94. The van der Waals surface area contributed by atoms with Crippen LogP contribution in [0.1, 0.15) is 32.6 Å². The zero-order valence-corrected chi connectivity index (χ0v) is 11.5. The summed E-state index contributed by atoms with van der Waals surface area (Å²) in [6.07, 6.45) is 5.09. The SMILES string of the molecule is CC1CCCC(O)(CNc2nc3ccc(F)cn3n2)C1. The Kier molecular flexibility index (Phi) is 3.33. The van der Waals surface area contributed by atoms with Crippen molar-refractivity contribution in [2.24, 2.45) is 5.92 Å². The molecular formula is C14H19FN4O. The molecule has 0 aliphatic heterocycles. The van der Waals surface area contributed by atoms with Gasteiger partial charge < -0.3 is 10.4 Å². The summed E-state index contributed by atoms with van der Waals surface area (Å²) in [6, 6.07) is 2.93. The largest absolute Gasteiger partial charge is 0.388 e. The van der Waals surface area contributed by atoms with Gasteiger partial charge in [0.05, 0.1) is 11.8 Å². The summed E-state index contributed by atoms with van der Waals surface area (Å²) in [4.78, 5) is 4.25. The van der Waals surface area contributed by atoms with E-state index in [2.05, 4.69) is 22.3 Å². The van der Waals surface area contributed by atoms with E-state index in [1.54, 1.807) is 6.07 Å². The zero-order chi connectivity index (χ0) is 14.2. The highest BCUT2D eigenvalue weighted by Gasteiger charge is 2.32. The van der Waals surface area contributed by atoms with Crippen LogP contribution in [-0.2, 0) is 0 Å². The van der Waals surface area contributed by atoms with Crippen LogP contribution in [0.25, 0.3) is 5.65 Å². The highest BCUT2D eigenvalue weighted by Crippen LogP contribution is 2.32. The van der Waals surface area contributed by atoms with E-state index < -0.39 is 5.60 Å². The van der Waals surface area contributed by atoms with E-state index in [-0.39, 0.29) is 5.82 Å². The maximum absolute atomic E-state index is 13.1. The minimum Gasteiger partial charge on any atom is -0.388 e. The average Bonchev–Trinajstić information content (AvgIpc) is 2.78. The van der Waals surface area contributed by atoms with Crippen molar-refractivity contribution in [3.05, 3.63) is 24.1 Å². The molecule has 2 aromatic rings. The van der Waals surface area contributed by atoms with E-state index in [1.165, 1.54) is 23.2 Å². The zero-order valence-electron chi connectivity index (χ0n) is 11.5. The fraction of sp³-hybridized carbons (Fsp3) is 0.571. The Morgan fingerprint density at radius 3 is 3.20 bits per heavy atom. The van der Waals surface area contributed by atoms with Gasteiger partial charge in [-0.25, -0.2) is 8.91 Å². The van der Waals surface area contributed by atoms with Gasteiger partial charge in [-0.1, -0.05) is 19.8 Å². The van der Waals surface area contributed by atoms with E-state index in [4.69, 9.17) is 0 Å². The van der Waals surface area contributed by atoms with Gasteiger partial charge in [0.1, 0.15) is 5.82 Å². The lowest BCUT2D eigenvalue weighted by Gasteiger charge is -2.35. The Labute approximate surface area is 116 Å². The predicted octanol–water partition coefficient (Wildman–Crippen LogP) is 2.22. The van der Waals surface area contributed by atoms with Crippen LogP contribution in [0.4, 0.5) is 10.3 Å². The number of anilines is 1. The van der Waals surface area contributed by atoms with E-state index in [1.807, 2.05) is 0 Å². The highest BCUT2D eigenvalue weighted by atomic mass is 19.1. The molecule has 1 aliphatic rings. The lowest BCUT2D eigenvalue weighted by molar-refractivity contribution is -0.000892. The number of aliphatic hydroxyl groups is 1. The molecule has 2 heterocycles. The van der Waals surface area contributed by atoms with Gasteiger partial charge in [-0.3, -0.25) is 0 Å². The number of pyridine rings is 1. The molecule has 2 unspecified atom stereocenters. The standard InChI is InChI=1S/C14H19FN4O/c1-10-3-2-6-14(20,7-10)9-16-13-17-12-5-4-11(15)8-19(12)18-13/h4-5,8,10,20H,2-3,6-7,9H2,1H3,(H,16,18). The maximum atomic E-state index is 13.1. The first kappa shape index (κ1) is 13.3. The molecule has 1 aliphatic carbocycles. The van der Waals surface area contributed by atoms with Gasteiger partial charge in [0.15, 0.2) is 5.65 Å². The number of hydrogen-bond donors (Lipinski definition) is 2. The van der Waals surface area contributed by atoms with Crippen LogP contribution >= 0.6 is 0 Å². The van der Waals surface area contributed by atoms with Crippen LogP contribution in [0.3, 0.4) is 0 Å². The van der Waals surface area contributed by atoms with E-state index in [0.29, 0.717) is 24.1 Å². The Balaban J connectivity index is 1.70. The molecule has 2 atom stereocenters. The third kappa shape index (κ3) is 2.75. The number of nitrogens with one attached hydrogen (secondary N) is 1. The third-order valence-corrected chi connectivity index (χ3v) is 3.94. The quantitative estimate of drug-likeness (QED) is 0.903. The van der Waals surface area contributed by atoms with Crippen molar-refractivity contribution in [1.82, 2.24) is 14.6 Å². The van der Waals surface area contributed by atoms with Gasteiger partial charge in [-0.2, -0.15) is 4.98 Å². The van der Waals surface area contributed by atoms with Crippen LogP contribution in [0, 0.1) is 11.7 Å². The lowest BCUT2D eigenvalue weighted by atomic mass is 9.79. The van der Waals surface area contributed by atoms with E-state index in [9.17, 15) is 9.50 Å². The fourth-order valence-electron chi connectivity index (χ4n) is 2.97. The monoisotopic (exact) mass is 278 g/mol. The molecule has 1 saturated carbocycles. The second-order valence-electron chi connectivity index (χ2n) is 5.86. The van der Waals surface area contributed by atoms with Crippen molar-refractivity contribution in [1.29, 1.82) is 0 Å². The number of nitrogens with zero attached hydrogens (tertiary/aromatic N) is 3. The van der Waals surface area contributed by atoms with Crippen molar-refractivity contribution in [2.75, 3.05) is 11.9 Å². The molecular weight excluding hydrogens is 259 g/mol. The maximum Gasteiger partial charge on any atom is 0.243 e. The molecule has 0 saturated heterocycles. The van der Waals surface area contributed by atoms with Crippen LogP contribution in [0.5, 0.6) is 0 Å². The van der Waals surface area contributed by atoms with Gasteiger partial charge in [0, 0.05) is 6.54 Å². The summed E-state index contributed by atoms with van der Waals surface area (Å²) in [5.41, 5.74) is -0.113. The molecule has 1 fully saturated rings. The molecule has 0 spiro atoms. The first-order valence-electron chi connectivity index (χ1n) is 7.02. The Morgan fingerprint density at radius 2 is 2.40 bits per heavy atom. The Morgan fingerprint density at radius 1 is 1.55 bits per heavy atom. The predicted molar refractivity (Wildman–Crippen MR) is 74.0 cm³/mol. The van der Waals surface area contributed by atoms with Crippen molar-refractivity contribution in [3.63, 3.8) is 0 Å². The molecule has 0 bridgehead atoms. The number of rotatable bonds is 3. The second kappa shape index (κ2) is 5.01. The Hall–Kier alpha value is -1.69.